The first-order valence-electron chi connectivity index (χ1n) is 6.34. The predicted molar refractivity (Wildman–Crippen MR) is 66.5 cm³/mol. The Kier molecular flexibility index (Phi) is 5.97. The summed E-state index contributed by atoms with van der Waals surface area (Å²) < 4.78 is 0. The topological polar surface area (TPSA) is 70.2 Å². The van der Waals surface area contributed by atoms with Gasteiger partial charge >= 0.3 is 0 Å². The van der Waals surface area contributed by atoms with Gasteiger partial charge in [-0.2, -0.15) is 0 Å². The van der Waals surface area contributed by atoms with Gasteiger partial charge in [-0.3, -0.25) is 9.59 Å². The molecule has 3 N–H and O–H groups in total. The number of rotatable bonds is 5. The average Bonchev–Trinajstić information content (AvgIpc) is 2.27. The van der Waals surface area contributed by atoms with Gasteiger partial charge < -0.3 is 16.0 Å². The lowest BCUT2D eigenvalue weighted by Gasteiger charge is -2.21. The number of hydrogen-bond acceptors (Lipinski definition) is 3. The van der Waals surface area contributed by atoms with Crippen molar-refractivity contribution in [3.05, 3.63) is 0 Å². The molecule has 0 aliphatic carbocycles. The van der Waals surface area contributed by atoms with Crippen LogP contribution in [0.5, 0.6) is 0 Å². The molecule has 5 heteroatoms. The minimum absolute atomic E-state index is 0.0178. The molecule has 17 heavy (non-hydrogen) atoms. The van der Waals surface area contributed by atoms with E-state index in [0.717, 1.165) is 25.9 Å². The number of hydrogen-bond donors (Lipinski definition) is 3. The summed E-state index contributed by atoms with van der Waals surface area (Å²) in [6, 6.07) is 0.115. The highest BCUT2D eigenvalue weighted by Crippen LogP contribution is 2.15. The Morgan fingerprint density at radius 3 is 2.47 bits per heavy atom. The van der Waals surface area contributed by atoms with E-state index in [2.05, 4.69) is 16.0 Å². The highest BCUT2D eigenvalue weighted by atomic mass is 16.2. The monoisotopic (exact) mass is 241 g/mol. The van der Waals surface area contributed by atoms with Gasteiger partial charge in [0.25, 0.3) is 0 Å². The van der Waals surface area contributed by atoms with Gasteiger partial charge in [0.05, 0.1) is 6.54 Å². The Morgan fingerprint density at radius 2 is 1.88 bits per heavy atom. The van der Waals surface area contributed by atoms with Crippen LogP contribution < -0.4 is 16.0 Å². The summed E-state index contributed by atoms with van der Waals surface area (Å²) in [6.07, 6.45) is 2.63. The normalized spacial score (nSPS) is 16.9. The molecule has 0 saturated carbocycles. The smallest absolute Gasteiger partial charge is 0.239 e. The highest BCUT2D eigenvalue weighted by Gasteiger charge is 2.16. The maximum atomic E-state index is 11.6. The summed E-state index contributed by atoms with van der Waals surface area (Å²) in [6.45, 7) is 5.86. The van der Waals surface area contributed by atoms with Crippen LogP contribution in [0.3, 0.4) is 0 Å². The summed E-state index contributed by atoms with van der Waals surface area (Å²) in [4.78, 5) is 22.9. The van der Waals surface area contributed by atoms with Gasteiger partial charge in [-0.25, -0.2) is 0 Å². The van der Waals surface area contributed by atoms with Gasteiger partial charge in [-0.05, 0) is 45.7 Å². The summed E-state index contributed by atoms with van der Waals surface area (Å²) in [5.41, 5.74) is 0. The van der Waals surface area contributed by atoms with Crippen molar-refractivity contribution in [2.45, 2.75) is 39.2 Å². The number of amides is 2. The maximum absolute atomic E-state index is 11.6. The largest absolute Gasteiger partial charge is 0.352 e. The van der Waals surface area contributed by atoms with Crippen molar-refractivity contribution in [3.63, 3.8) is 0 Å². The molecular weight excluding hydrogens is 218 g/mol. The molecule has 1 aliphatic rings. The van der Waals surface area contributed by atoms with Crippen molar-refractivity contribution >= 4 is 11.8 Å². The zero-order chi connectivity index (χ0) is 12.7. The third-order valence-electron chi connectivity index (χ3n) is 2.83. The molecule has 0 aromatic carbocycles. The molecule has 0 aromatic rings. The summed E-state index contributed by atoms with van der Waals surface area (Å²) in [7, 11) is 0. The minimum Gasteiger partial charge on any atom is -0.352 e. The molecule has 0 atom stereocenters. The third kappa shape index (κ3) is 6.26. The van der Waals surface area contributed by atoms with Crippen LogP contribution in [0.1, 0.15) is 33.1 Å². The number of nitrogens with one attached hydrogen (secondary N) is 3. The third-order valence-corrected chi connectivity index (χ3v) is 2.83. The van der Waals surface area contributed by atoms with Gasteiger partial charge in [-0.15, -0.1) is 0 Å². The molecule has 0 spiro atoms. The van der Waals surface area contributed by atoms with E-state index in [9.17, 15) is 9.59 Å². The Bertz CT molecular complexity index is 260. The van der Waals surface area contributed by atoms with Crippen molar-refractivity contribution in [2.24, 2.45) is 5.92 Å². The van der Waals surface area contributed by atoms with Crippen LogP contribution in [0.4, 0.5) is 0 Å². The van der Waals surface area contributed by atoms with Crippen LogP contribution in [0, 0.1) is 5.92 Å². The molecule has 0 unspecified atom stereocenters. The van der Waals surface area contributed by atoms with Crippen molar-refractivity contribution < 1.29 is 9.59 Å². The second-order valence-corrected chi connectivity index (χ2v) is 4.90. The Hall–Kier alpha value is -1.10. The zero-order valence-corrected chi connectivity index (χ0v) is 10.7. The summed E-state index contributed by atoms with van der Waals surface area (Å²) >= 11 is 0. The molecule has 0 radical (unpaired) electrons. The highest BCUT2D eigenvalue weighted by molar-refractivity contribution is 5.84. The lowest BCUT2D eigenvalue weighted by Crippen LogP contribution is -2.40. The van der Waals surface area contributed by atoms with Gasteiger partial charge in [-0.1, -0.05) is 0 Å². The van der Waals surface area contributed by atoms with E-state index >= 15 is 0 Å². The Labute approximate surface area is 103 Å². The lowest BCUT2D eigenvalue weighted by atomic mass is 9.94. The molecule has 1 saturated heterocycles. The molecule has 2 amide bonds. The van der Waals surface area contributed by atoms with E-state index in [-0.39, 0.29) is 24.4 Å². The van der Waals surface area contributed by atoms with Crippen molar-refractivity contribution in [3.8, 4) is 0 Å². The first kappa shape index (κ1) is 14.0. The van der Waals surface area contributed by atoms with Gasteiger partial charge in [0.2, 0.25) is 11.8 Å². The molecule has 5 nitrogen and oxygen atoms in total. The van der Waals surface area contributed by atoms with E-state index in [1.165, 1.54) is 0 Å². The molecule has 1 heterocycles. The second-order valence-electron chi connectivity index (χ2n) is 4.90. The summed E-state index contributed by atoms with van der Waals surface area (Å²) in [5, 5.41) is 8.67. The van der Waals surface area contributed by atoms with Crippen LogP contribution >= 0.6 is 0 Å². The fourth-order valence-corrected chi connectivity index (χ4v) is 1.97. The number of carbonyl (C=O) groups is 2. The lowest BCUT2D eigenvalue weighted by molar-refractivity contribution is -0.127. The zero-order valence-electron chi connectivity index (χ0n) is 10.7. The van der Waals surface area contributed by atoms with Crippen molar-refractivity contribution in [1.29, 1.82) is 0 Å². The molecule has 1 rings (SSSR count). The van der Waals surface area contributed by atoms with Gasteiger partial charge in [0, 0.05) is 12.5 Å². The van der Waals surface area contributed by atoms with E-state index in [0.29, 0.717) is 12.3 Å². The van der Waals surface area contributed by atoms with E-state index in [1.54, 1.807) is 0 Å². The quantitative estimate of drug-likeness (QED) is 0.635. The SMILES string of the molecule is CC(C)NC(=O)CNC(=O)CC1CCNCC1. The molecule has 98 valence electrons. The van der Waals surface area contributed by atoms with Crippen molar-refractivity contribution in [2.75, 3.05) is 19.6 Å². The molecule has 0 bridgehead atoms. The maximum Gasteiger partial charge on any atom is 0.239 e. The molecular formula is C12H23N3O2. The van der Waals surface area contributed by atoms with Gasteiger partial charge in [0.15, 0.2) is 0 Å². The van der Waals surface area contributed by atoms with Crippen LogP contribution in [0.2, 0.25) is 0 Å². The predicted octanol–water partition coefficient (Wildman–Crippen LogP) is 0.0169. The fraction of sp³-hybridized carbons (Fsp3) is 0.833. The van der Waals surface area contributed by atoms with Crippen LogP contribution in [0.25, 0.3) is 0 Å². The Balaban J connectivity index is 2.14. The standard InChI is InChI=1S/C12H23N3O2/c1-9(2)15-12(17)8-14-11(16)7-10-3-5-13-6-4-10/h9-10,13H,3-8H2,1-2H3,(H,14,16)(H,15,17). The van der Waals surface area contributed by atoms with E-state index < -0.39 is 0 Å². The van der Waals surface area contributed by atoms with Gasteiger partial charge in [0.1, 0.15) is 0 Å². The first-order chi connectivity index (χ1) is 8.08. The van der Waals surface area contributed by atoms with Crippen LogP contribution in [0.15, 0.2) is 0 Å². The molecule has 1 fully saturated rings. The second kappa shape index (κ2) is 7.27. The van der Waals surface area contributed by atoms with Crippen molar-refractivity contribution in [1.82, 2.24) is 16.0 Å². The average molecular weight is 241 g/mol. The van der Waals surface area contributed by atoms with E-state index in [4.69, 9.17) is 0 Å². The van der Waals surface area contributed by atoms with Crippen LogP contribution in [-0.4, -0.2) is 37.5 Å². The van der Waals surface area contributed by atoms with Crippen LogP contribution in [-0.2, 0) is 9.59 Å². The molecule has 0 aromatic heterocycles. The number of carbonyl (C=O) groups excluding carboxylic acids is 2. The van der Waals surface area contributed by atoms with E-state index in [1.807, 2.05) is 13.8 Å². The minimum atomic E-state index is -0.126. The Morgan fingerprint density at radius 1 is 1.24 bits per heavy atom. The first-order valence-corrected chi connectivity index (χ1v) is 6.34. The summed E-state index contributed by atoms with van der Waals surface area (Å²) in [5.74, 6) is 0.318. The molecule has 1 aliphatic heterocycles. The number of piperidine rings is 1. The fourth-order valence-electron chi connectivity index (χ4n) is 1.97.